The van der Waals surface area contributed by atoms with Gasteiger partial charge < -0.3 is 31.9 Å². The van der Waals surface area contributed by atoms with Gasteiger partial charge in [0, 0.05) is 11.1 Å². The first kappa shape index (κ1) is 38.7. The lowest BCUT2D eigenvalue weighted by Crippen LogP contribution is -2.08. The van der Waals surface area contributed by atoms with Crippen LogP contribution in [0, 0.1) is 0 Å². The van der Waals surface area contributed by atoms with Crippen LogP contribution in [0.25, 0.3) is 22.3 Å². The summed E-state index contributed by atoms with van der Waals surface area (Å²) in [7, 11) is -8.60. The van der Waals surface area contributed by atoms with E-state index in [1.165, 1.54) is 0 Å². The molecule has 11 heteroatoms. The zero-order valence-corrected chi connectivity index (χ0v) is 33.1. The van der Waals surface area contributed by atoms with Gasteiger partial charge >= 0.3 is 15.6 Å². The van der Waals surface area contributed by atoms with Crippen molar-refractivity contribution < 1.29 is 41.0 Å². The standard InChI is InChI=1S/C48H36O9P2/c49-58(52-41-21-9-3-10-22-41,56-47-27-15-13-25-45(47)37-17-5-1-6-18-37)54-43-33-29-39(30-34-43)51-40-31-35-44(36-32-40)55-59(50,53-42-23-11-4-12-24-42)57-48-28-16-14-26-46(48)38-19-7-2-8-20-38/h1-36H. The first-order valence-corrected chi connectivity index (χ1v) is 21.5. The number of hydrogen-bond acceptors (Lipinski definition) is 9. The number of benzene rings is 8. The molecule has 8 rings (SSSR count). The van der Waals surface area contributed by atoms with Crippen molar-refractivity contribution in [1.82, 2.24) is 0 Å². The molecule has 2 unspecified atom stereocenters. The number of para-hydroxylation sites is 4. The molecule has 8 aromatic rings. The number of hydrogen-bond donors (Lipinski definition) is 0. The van der Waals surface area contributed by atoms with Crippen molar-refractivity contribution >= 4 is 15.6 Å². The normalized spacial score (nSPS) is 12.8. The van der Waals surface area contributed by atoms with E-state index < -0.39 is 15.6 Å². The van der Waals surface area contributed by atoms with Crippen molar-refractivity contribution in [3.63, 3.8) is 0 Å². The molecule has 9 nitrogen and oxygen atoms in total. The highest BCUT2D eigenvalue weighted by Gasteiger charge is 2.35. The molecule has 0 fully saturated rings. The SMILES string of the molecule is O=P(Oc1ccccc1)(Oc1ccc(Oc2ccc(OP(=O)(Oc3ccccc3)Oc3ccccc3-c3ccccc3)cc2)cc1)Oc1ccccc1-c1ccccc1. The molecule has 0 heterocycles. The molecule has 0 aliphatic rings. The molecule has 0 saturated heterocycles. The molecule has 59 heavy (non-hydrogen) atoms. The molecular weight excluding hydrogens is 782 g/mol. The number of phosphoric ester groups is 2. The minimum absolute atomic E-state index is 0.223. The highest BCUT2D eigenvalue weighted by molar-refractivity contribution is 7.50. The van der Waals surface area contributed by atoms with Crippen LogP contribution in [0.1, 0.15) is 0 Å². The summed E-state index contributed by atoms with van der Waals surface area (Å²) in [6.45, 7) is 0. The molecule has 8 aromatic carbocycles. The van der Waals surface area contributed by atoms with Gasteiger partial charge in [-0.15, -0.1) is 0 Å². The Hall–Kier alpha value is -7.18. The van der Waals surface area contributed by atoms with Crippen LogP contribution in [0.4, 0.5) is 0 Å². The second-order valence-corrected chi connectivity index (χ2v) is 15.7. The lowest BCUT2D eigenvalue weighted by molar-refractivity contribution is 0.297. The van der Waals surface area contributed by atoms with Gasteiger partial charge in [-0.1, -0.05) is 133 Å². The van der Waals surface area contributed by atoms with E-state index in [9.17, 15) is 9.13 Å². The third kappa shape index (κ3) is 10.2. The van der Waals surface area contributed by atoms with Crippen LogP contribution in [0.3, 0.4) is 0 Å². The maximum absolute atomic E-state index is 14.4. The number of ether oxygens (including phenoxy) is 1. The van der Waals surface area contributed by atoms with Crippen molar-refractivity contribution in [1.29, 1.82) is 0 Å². The van der Waals surface area contributed by atoms with Crippen molar-refractivity contribution in [2.24, 2.45) is 0 Å². The first-order valence-electron chi connectivity index (χ1n) is 18.5. The highest BCUT2D eigenvalue weighted by Crippen LogP contribution is 2.53. The Labute approximate surface area is 342 Å². The van der Waals surface area contributed by atoms with E-state index in [0.29, 0.717) is 34.5 Å². The van der Waals surface area contributed by atoms with Crippen LogP contribution >= 0.6 is 15.6 Å². The van der Waals surface area contributed by atoms with Crippen LogP contribution < -0.4 is 31.9 Å². The Morgan fingerprint density at radius 1 is 0.254 bits per heavy atom. The lowest BCUT2D eigenvalue weighted by Gasteiger charge is -2.21. The molecule has 0 aliphatic heterocycles. The summed E-state index contributed by atoms with van der Waals surface area (Å²) in [4.78, 5) is 0. The fraction of sp³-hybridized carbons (Fsp3) is 0. The van der Waals surface area contributed by atoms with Crippen LogP contribution in [0.2, 0.25) is 0 Å². The number of rotatable bonds is 16. The van der Waals surface area contributed by atoms with Gasteiger partial charge in [0.1, 0.15) is 46.0 Å². The minimum Gasteiger partial charge on any atom is -0.457 e. The van der Waals surface area contributed by atoms with Gasteiger partial charge in [-0.2, -0.15) is 9.13 Å². The zero-order chi connectivity index (χ0) is 40.3. The third-order valence-electron chi connectivity index (χ3n) is 8.60. The average Bonchev–Trinajstić information content (AvgIpc) is 3.26. The van der Waals surface area contributed by atoms with E-state index in [1.807, 2.05) is 97.1 Å². The van der Waals surface area contributed by atoms with E-state index in [-0.39, 0.29) is 11.5 Å². The summed E-state index contributed by atoms with van der Waals surface area (Å²) in [5.74, 6) is 2.65. The smallest absolute Gasteiger partial charge is 0.457 e. The average molecular weight is 819 g/mol. The molecule has 0 saturated carbocycles. The largest absolute Gasteiger partial charge is 0.647 e. The van der Waals surface area contributed by atoms with E-state index in [0.717, 1.165) is 22.3 Å². The second kappa shape index (κ2) is 18.0. The lowest BCUT2D eigenvalue weighted by atomic mass is 10.1. The van der Waals surface area contributed by atoms with Gasteiger partial charge in [0.05, 0.1) is 0 Å². The Balaban J connectivity index is 0.976. The van der Waals surface area contributed by atoms with E-state index in [4.69, 9.17) is 31.9 Å². The van der Waals surface area contributed by atoms with Crippen LogP contribution in [0.15, 0.2) is 218 Å². The summed E-state index contributed by atoms with van der Waals surface area (Å²) < 4.78 is 70.7. The molecular formula is C48H36O9P2. The summed E-state index contributed by atoms with van der Waals surface area (Å²) in [6, 6.07) is 64.2. The predicted octanol–water partition coefficient (Wildman–Crippen LogP) is 14.1. The van der Waals surface area contributed by atoms with Gasteiger partial charge in [0.25, 0.3) is 0 Å². The van der Waals surface area contributed by atoms with Crippen LogP contribution in [-0.2, 0) is 9.13 Å². The quantitative estimate of drug-likeness (QED) is 0.0882. The van der Waals surface area contributed by atoms with Gasteiger partial charge in [-0.25, -0.2) is 0 Å². The molecule has 0 amide bonds. The Bertz CT molecular complexity index is 2490. The van der Waals surface area contributed by atoms with Crippen molar-refractivity contribution in [3.05, 3.63) is 218 Å². The summed E-state index contributed by atoms with van der Waals surface area (Å²) in [6.07, 6.45) is 0. The zero-order valence-electron chi connectivity index (χ0n) is 31.4. The Kier molecular flexibility index (Phi) is 11.8. The molecule has 0 N–H and O–H groups in total. The first-order chi connectivity index (χ1) is 28.9. The molecule has 0 radical (unpaired) electrons. The molecule has 2 atom stereocenters. The summed E-state index contributed by atoms with van der Waals surface area (Å²) in [5.41, 5.74) is 3.20. The minimum atomic E-state index is -4.30. The van der Waals surface area contributed by atoms with Crippen LogP contribution in [-0.4, -0.2) is 0 Å². The summed E-state index contributed by atoms with van der Waals surface area (Å²) in [5, 5.41) is 0. The van der Waals surface area contributed by atoms with Crippen molar-refractivity contribution in [2.75, 3.05) is 0 Å². The molecule has 0 spiro atoms. The number of phosphoric acid groups is 2. The van der Waals surface area contributed by atoms with Gasteiger partial charge in [0.2, 0.25) is 0 Å². The highest BCUT2D eigenvalue weighted by atomic mass is 31.2. The fourth-order valence-electron chi connectivity index (χ4n) is 5.91. The topological polar surface area (TPSA) is 98.8 Å². The maximum atomic E-state index is 14.4. The second-order valence-electron chi connectivity index (χ2n) is 12.8. The van der Waals surface area contributed by atoms with Crippen molar-refractivity contribution in [2.45, 2.75) is 0 Å². The van der Waals surface area contributed by atoms with Gasteiger partial charge in [-0.3, -0.25) is 0 Å². The van der Waals surface area contributed by atoms with Crippen molar-refractivity contribution in [3.8, 4) is 68.2 Å². The Morgan fingerprint density at radius 3 is 0.881 bits per heavy atom. The van der Waals surface area contributed by atoms with Gasteiger partial charge in [-0.05, 0) is 96.1 Å². The molecule has 0 aliphatic carbocycles. The van der Waals surface area contributed by atoms with E-state index in [2.05, 4.69) is 0 Å². The van der Waals surface area contributed by atoms with E-state index in [1.54, 1.807) is 121 Å². The Morgan fingerprint density at radius 2 is 0.525 bits per heavy atom. The predicted molar refractivity (Wildman–Crippen MR) is 229 cm³/mol. The van der Waals surface area contributed by atoms with Gasteiger partial charge in [0.15, 0.2) is 0 Å². The summed E-state index contributed by atoms with van der Waals surface area (Å²) >= 11 is 0. The maximum Gasteiger partial charge on any atom is 0.647 e. The molecule has 0 aromatic heterocycles. The van der Waals surface area contributed by atoms with E-state index >= 15 is 0 Å². The monoisotopic (exact) mass is 818 g/mol. The third-order valence-corrected chi connectivity index (χ3v) is 11.2. The fourth-order valence-corrected chi connectivity index (χ4v) is 8.45. The molecule has 0 bridgehead atoms. The molecule has 292 valence electrons. The van der Waals surface area contributed by atoms with Crippen LogP contribution in [0.5, 0.6) is 46.0 Å².